The molecule has 2 aromatic carbocycles. The third-order valence-electron chi connectivity index (χ3n) is 2.71. The number of hydrogen-bond donors (Lipinski definition) is 1. The minimum atomic E-state index is -2.38. The van der Waals surface area contributed by atoms with Gasteiger partial charge < -0.3 is 4.74 Å². The van der Waals surface area contributed by atoms with Gasteiger partial charge in [-0.3, -0.25) is 4.72 Å². The molecule has 1 atom stereocenters. The molecule has 1 unspecified atom stereocenters. The summed E-state index contributed by atoms with van der Waals surface area (Å²) in [7, 11) is -1.31. The number of hydrogen-bond acceptors (Lipinski definition) is 3. The van der Waals surface area contributed by atoms with E-state index in [4.69, 9.17) is 0 Å². The molecule has 2 rings (SSSR count). The van der Waals surface area contributed by atoms with E-state index in [9.17, 15) is 22.2 Å². The summed E-state index contributed by atoms with van der Waals surface area (Å²) in [5.74, 6) is -4.02. The van der Waals surface area contributed by atoms with Gasteiger partial charge in [0.25, 0.3) is 0 Å². The van der Waals surface area contributed by atoms with Crippen LogP contribution in [0.4, 0.5) is 18.9 Å². The molecule has 0 bridgehead atoms. The van der Waals surface area contributed by atoms with Gasteiger partial charge in [0.1, 0.15) is 16.5 Å². The monoisotopic (exact) mass is 329 g/mol. The highest BCUT2D eigenvalue weighted by Crippen LogP contribution is 2.23. The highest BCUT2D eigenvalue weighted by atomic mass is 32.2. The van der Waals surface area contributed by atoms with Crippen molar-refractivity contribution in [2.45, 2.75) is 4.90 Å². The van der Waals surface area contributed by atoms with Gasteiger partial charge in [0.2, 0.25) is 0 Å². The summed E-state index contributed by atoms with van der Waals surface area (Å²) in [6, 6.07) is 6.63. The van der Waals surface area contributed by atoms with E-state index in [0.717, 1.165) is 25.3 Å². The van der Waals surface area contributed by atoms with E-state index in [1.165, 1.54) is 18.2 Å². The number of benzene rings is 2. The maximum absolute atomic E-state index is 14.1. The number of anilines is 1. The molecule has 116 valence electrons. The Labute approximate surface area is 126 Å². The molecule has 0 aliphatic carbocycles. The van der Waals surface area contributed by atoms with Crippen molar-refractivity contribution in [3.05, 3.63) is 59.4 Å². The number of carbonyl (C=O) groups excluding carboxylic acids is 1. The Morgan fingerprint density at radius 3 is 2.27 bits per heavy atom. The van der Waals surface area contributed by atoms with Gasteiger partial charge in [-0.1, -0.05) is 12.1 Å². The number of esters is 1. The van der Waals surface area contributed by atoms with Crippen LogP contribution >= 0.6 is 0 Å². The van der Waals surface area contributed by atoms with Crippen LogP contribution in [0, 0.1) is 17.5 Å². The molecule has 22 heavy (non-hydrogen) atoms. The van der Waals surface area contributed by atoms with Crippen LogP contribution in [0.2, 0.25) is 0 Å². The molecule has 0 saturated heterocycles. The SMILES string of the molecule is COC(=O)c1cccc(NS(=O)c2c(F)cccc2F)c1F. The molecule has 0 radical (unpaired) electrons. The van der Waals surface area contributed by atoms with Gasteiger partial charge in [-0.25, -0.2) is 22.2 Å². The second kappa shape index (κ2) is 6.61. The predicted molar refractivity (Wildman–Crippen MR) is 74.1 cm³/mol. The Balaban J connectivity index is 2.35. The van der Waals surface area contributed by atoms with Gasteiger partial charge in [0, 0.05) is 0 Å². The van der Waals surface area contributed by atoms with E-state index in [-0.39, 0.29) is 5.69 Å². The van der Waals surface area contributed by atoms with Crippen molar-refractivity contribution in [1.29, 1.82) is 0 Å². The van der Waals surface area contributed by atoms with E-state index in [0.29, 0.717) is 0 Å². The van der Waals surface area contributed by atoms with E-state index in [1.54, 1.807) is 0 Å². The summed E-state index contributed by atoms with van der Waals surface area (Å²) >= 11 is 0. The molecule has 8 heteroatoms. The Kier molecular flexibility index (Phi) is 4.81. The van der Waals surface area contributed by atoms with Crippen LogP contribution in [-0.4, -0.2) is 17.3 Å². The van der Waals surface area contributed by atoms with Crippen LogP contribution in [0.5, 0.6) is 0 Å². The largest absolute Gasteiger partial charge is 0.465 e. The third kappa shape index (κ3) is 3.11. The van der Waals surface area contributed by atoms with Gasteiger partial charge in [-0.05, 0) is 24.3 Å². The normalized spacial score (nSPS) is 11.8. The number of carbonyl (C=O) groups is 1. The number of methoxy groups -OCH3 is 1. The lowest BCUT2D eigenvalue weighted by atomic mass is 10.2. The number of halogens is 3. The van der Waals surface area contributed by atoms with E-state index < -0.39 is 44.9 Å². The molecule has 0 saturated carbocycles. The first-order valence-corrected chi connectivity index (χ1v) is 7.10. The average molecular weight is 329 g/mol. The summed E-state index contributed by atoms with van der Waals surface area (Å²) < 4.78 is 59.7. The summed E-state index contributed by atoms with van der Waals surface area (Å²) in [4.78, 5) is 10.6. The molecular formula is C14H10F3NO3S. The lowest BCUT2D eigenvalue weighted by Gasteiger charge is -2.10. The number of nitrogens with one attached hydrogen (secondary N) is 1. The fourth-order valence-corrected chi connectivity index (χ4v) is 2.64. The van der Waals surface area contributed by atoms with Gasteiger partial charge in [-0.15, -0.1) is 0 Å². The highest BCUT2D eigenvalue weighted by molar-refractivity contribution is 7.86. The van der Waals surface area contributed by atoms with Crippen LogP contribution in [0.25, 0.3) is 0 Å². The molecule has 0 aromatic heterocycles. The molecule has 0 heterocycles. The smallest absolute Gasteiger partial charge is 0.340 e. The first-order chi connectivity index (χ1) is 10.5. The van der Waals surface area contributed by atoms with Crippen molar-refractivity contribution < 1.29 is 26.9 Å². The van der Waals surface area contributed by atoms with E-state index in [2.05, 4.69) is 9.46 Å². The minimum Gasteiger partial charge on any atom is -0.465 e. The number of rotatable bonds is 4. The number of ether oxygens (including phenoxy) is 1. The standard InChI is InChI=1S/C14H10F3NO3S/c1-21-14(19)8-4-2-7-11(12(8)17)18-22(20)13-9(15)5-3-6-10(13)16/h2-7,18H,1H3. The topological polar surface area (TPSA) is 55.4 Å². The van der Waals surface area contributed by atoms with Gasteiger partial charge in [0.15, 0.2) is 16.8 Å². The van der Waals surface area contributed by atoms with Crippen LogP contribution in [0.1, 0.15) is 10.4 Å². The zero-order chi connectivity index (χ0) is 16.3. The lowest BCUT2D eigenvalue weighted by molar-refractivity contribution is 0.0595. The van der Waals surface area contributed by atoms with Crippen molar-refractivity contribution in [1.82, 2.24) is 0 Å². The summed E-state index contributed by atoms with van der Waals surface area (Å²) in [6.45, 7) is 0. The fourth-order valence-electron chi connectivity index (χ4n) is 1.69. The van der Waals surface area contributed by atoms with E-state index >= 15 is 0 Å². The van der Waals surface area contributed by atoms with Crippen molar-refractivity contribution >= 4 is 22.6 Å². The molecular weight excluding hydrogens is 319 g/mol. The van der Waals surface area contributed by atoms with Crippen molar-refractivity contribution in [3.8, 4) is 0 Å². The first kappa shape index (κ1) is 16.0. The molecule has 0 spiro atoms. The molecule has 0 amide bonds. The summed E-state index contributed by atoms with van der Waals surface area (Å²) in [6.07, 6.45) is 0. The van der Waals surface area contributed by atoms with Crippen molar-refractivity contribution in [3.63, 3.8) is 0 Å². The van der Waals surface area contributed by atoms with Crippen molar-refractivity contribution in [2.24, 2.45) is 0 Å². The second-order valence-corrected chi connectivity index (χ2v) is 5.23. The van der Waals surface area contributed by atoms with Gasteiger partial charge in [-0.2, -0.15) is 0 Å². The first-order valence-electron chi connectivity index (χ1n) is 5.95. The van der Waals surface area contributed by atoms with Crippen LogP contribution in [-0.2, 0) is 15.7 Å². The Bertz CT molecular complexity index is 732. The average Bonchev–Trinajstić information content (AvgIpc) is 2.48. The van der Waals surface area contributed by atoms with E-state index in [1.807, 2.05) is 0 Å². The van der Waals surface area contributed by atoms with Crippen molar-refractivity contribution in [2.75, 3.05) is 11.8 Å². The Morgan fingerprint density at radius 1 is 1.09 bits per heavy atom. The molecule has 1 N–H and O–H groups in total. The molecule has 0 aliphatic heterocycles. The third-order valence-corrected chi connectivity index (χ3v) is 3.88. The second-order valence-electron chi connectivity index (χ2n) is 4.08. The molecule has 0 aliphatic rings. The highest BCUT2D eigenvalue weighted by Gasteiger charge is 2.20. The van der Waals surface area contributed by atoms with Crippen LogP contribution < -0.4 is 4.72 Å². The maximum atomic E-state index is 14.1. The van der Waals surface area contributed by atoms with Crippen LogP contribution in [0.3, 0.4) is 0 Å². The molecule has 4 nitrogen and oxygen atoms in total. The molecule has 0 fully saturated rings. The quantitative estimate of drug-likeness (QED) is 0.877. The van der Waals surface area contributed by atoms with Gasteiger partial charge >= 0.3 is 5.97 Å². The van der Waals surface area contributed by atoms with Crippen LogP contribution in [0.15, 0.2) is 41.3 Å². The lowest BCUT2D eigenvalue weighted by Crippen LogP contribution is -2.12. The molecule has 2 aromatic rings. The minimum absolute atomic E-state index is 0.344. The zero-order valence-electron chi connectivity index (χ0n) is 11.2. The summed E-state index contributed by atoms with van der Waals surface area (Å²) in [5, 5.41) is 0. The predicted octanol–water partition coefficient (Wildman–Crippen LogP) is 3.03. The Morgan fingerprint density at radius 2 is 1.68 bits per heavy atom. The Hall–Kier alpha value is -2.35. The fraction of sp³-hybridized carbons (Fsp3) is 0.0714. The van der Waals surface area contributed by atoms with Gasteiger partial charge in [0.05, 0.1) is 18.4 Å². The zero-order valence-corrected chi connectivity index (χ0v) is 12.0. The maximum Gasteiger partial charge on any atom is 0.340 e. The summed E-state index contributed by atoms with van der Waals surface area (Å²) in [5.41, 5.74) is -0.734.